The molecule has 1 fully saturated rings. The average molecular weight is 196 g/mol. The van der Waals surface area contributed by atoms with Gasteiger partial charge in [0.15, 0.2) is 0 Å². The summed E-state index contributed by atoms with van der Waals surface area (Å²) in [6, 6.07) is 6.24. The van der Waals surface area contributed by atoms with E-state index in [1.807, 2.05) is 0 Å². The molecule has 3 heteroatoms. The van der Waals surface area contributed by atoms with E-state index in [-0.39, 0.29) is 18.5 Å². The van der Waals surface area contributed by atoms with Gasteiger partial charge in [-0.25, -0.2) is 4.39 Å². The lowest BCUT2D eigenvalue weighted by Gasteiger charge is -2.44. The quantitative estimate of drug-likeness (QED) is 0.746. The van der Waals surface area contributed by atoms with Gasteiger partial charge >= 0.3 is 0 Å². The normalized spacial score (nSPS) is 31.2. The molecule has 1 aliphatic rings. The van der Waals surface area contributed by atoms with Crippen LogP contribution in [-0.4, -0.2) is 22.9 Å². The van der Waals surface area contributed by atoms with Crippen LogP contribution in [0.2, 0.25) is 0 Å². The van der Waals surface area contributed by atoms with E-state index in [2.05, 4.69) is 0 Å². The Morgan fingerprint density at radius 1 is 1.43 bits per heavy atom. The Morgan fingerprint density at radius 2 is 2.14 bits per heavy atom. The summed E-state index contributed by atoms with van der Waals surface area (Å²) >= 11 is 0. The number of aliphatic hydroxyl groups is 2. The van der Waals surface area contributed by atoms with E-state index in [4.69, 9.17) is 0 Å². The van der Waals surface area contributed by atoms with Crippen molar-refractivity contribution >= 4 is 0 Å². The summed E-state index contributed by atoms with van der Waals surface area (Å²) in [6.45, 7) is -0.0342. The molecule has 1 aromatic carbocycles. The van der Waals surface area contributed by atoms with E-state index in [0.717, 1.165) is 5.56 Å². The summed E-state index contributed by atoms with van der Waals surface area (Å²) < 4.78 is 12.9. The van der Waals surface area contributed by atoms with Crippen LogP contribution >= 0.6 is 0 Å². The van der Waals surface area contributed by atoms with Gasteiger partial charge in [0, 0.05) is 5.41 Å². The van der Waals surface area contributed by atoms with E-state index >= 15 is 0 Å². The third kappa shape index (κ3) is 1.42. The predicted octanol–water partition coefficient (Wildman–Crippen LogP) is 1.21. The van der Waals surface area contributed by atoms with Crippen molar-refractivity contribution in [1.29, 1.82) is 0 Å². The number of rotatable bonds is 2. The van der Waals surface area contributed by atoms with E-state index < -0.39 is 5.41 Å². The van der Waals surface area contributed by atoms with Crippen molar-refractivity contribution in [1.82, 2.24) is 0 Å². The fraction of sp³-hybridized carbons (Fsp3) is 0.455. The van der Waals surface area contributed by atoms with Gasteiger partial charge in [0.25, 0.3) is 0 Å². The molecular formula is C11H13FO2. The van der Waals surface area contributed by atoms with Crippen molar-refractivity contribution in [3.05, 3.63) is 35.6 Å². The van der Waals surface area contributed by atoms with Crippen LogP contribution in [0.5, 0.6) is 0 Å². The molecular weight excluding hydrogens is 183 g/mol. The molecule has 0 saturated heterocycles. The molecule has 1 aliphatic carbocycles. The molecule has 0 spiro atoms. The van der Waals surface area contributed by atoms with Crippen LogP contribution in [0.4, 0.5) is 4.39 Å². The molecule has 0 radical (unpaired) electrons. The Balaban J connectivity index is 2.29. The second kappa shape index (κ2) is 3.33. The van der Waals surface area contributed by atoms with Crippen molar-refractivity contribution < 1.29 is 14.6 Å². The van der Waals surface area contributed by atoms with Gasteiger partial charge in [0.2, 0.25) is 0 Å². The van der Waals surface area contributed by atoms with Crippen molar-refractivity contribution in [3.8, 4) is 0 Å². The Labute approximate surface area is 82.0 Å². The summed E-state index contributed by atoms with van der Waals surface area (Å²) in [4.78, 5) is 0. The molecule has 1 saturated carbocycles. The fourth-order valence-corrected chi connectivity index (χ4v) is 2.12. The van der Waals surface area contributed by atoms with E-state index in [1.165, 1.54) is 12.1 Å². The second-order valence-electron chi connectivity index (χ2n) is 4.01. The molecule has 2 rings (SSSR count). The van der Waals surface area contributed by atoms with Crippen LogP contribution < -0.4 is 0 Å². The first-order valence-corrected chi connectivity index (χ1v) is 4.71. The lowest BCUT2D eigenvalue weighted by atomic mass is 9.63. The van der Waals surface area contributed by atoms with Crippen molar-refractivity contribution in [2.45, 2.75) is 24.4 Å². The van der Waals surface area contributed by atoms with Gasteiger partial charge in [0.05, 0.1) is 12.7 Å². The first kappa shape index (κ1) is 9.62. The molecule has 0 aliphatic heterocycles. The fourth-order valence-electron chi connectivity index (χ4n) is 2.12. The zero-order valence-electron chi connectivity index (χ0n) is 7.78. The Bertz CT molecular complexity index is 332. The number of hydrogen-bond donors (Lipinski definition) is 2. The van der Waals surface area contributed by atoms with Crippen molar-refractivity contribution in [3.63, 3.8) is 0 Å². The number of benzene rings is 1. The molecule has 76 valence electrons. The maximum atomic E-state index is 12.9. The minimum atomic E-state index is -0.415. The third-order valence-corrected chi connectivity index (χ3v) is 2.99. The zero-order chi connectivity index (χ0) is 10.2. The van der Waals surface area contributed by atoms with Crippen LogP contribution in [0, 0.1) is 5.82 Å². The molecule has 0 amide bonds. The summed E-state index contributed by atoms with van der Waals surface area (Å²) in [5, 5.41) is 18.5. The molecule has 0 unspecified atom stereocenters. The highest BCUT2D eigenvalue weighted by Crippen LogP contribution is 2.43. The van der Waals surface area contributed by atoms with Crippen LogP contribution in [0.1, 0.15) is 18.4 Å². The summed E-state index contributed by atoms with van der Waals surface area (Å²) in [7, 11) is 0. The second-order valence-corrected chi connectivity index (χ2v) is 4.01. The zero-order valence-corrected chi connectivity index (χ0v) is 7.78. The third-order valence-electron chi connectivity index (χ3n) is 2.99. The van der Waals surface area contributed by atoms with Gasteiger partial charge in [-0.1, -0.05) is 12.1 Å². The smallest absolute Gasteiger partial charge is 0.123 e. The van der Waals surface area contributed by atoms with E-state index in [0.29, 0.717) is 12.8 Å². The highest BCUT2D eigenvalue weighted by molar-refractivity contribution is 5.29. The summed E-state index contributed by atoms with van der Waals surface area (Å²) in [6.07, 6.45) is 0.685. The van der Waals surface area contributed by atoms with Crippen LogP contribution in [0.25, 0.3) is 0 Å². The van der Waals surface area contributed by atoms with Gasteiger partial charge in [-0.2, -0.15) is 0 Å². The molecule has 0 atom stereocenters. The van der Waals surface area contributed by atoms with E-state index in [1.54, 1.807) is 12.1 Å². The van der Waals surface area contributed by atoms with Gasteiger partial charge in [-0.15, -0.1) is 0 Å². The molecule has 0 bridgehead atoms. The van der Waals surface area contributed by atoms with Gasteiger partial charge in [-0.3, -0.25) is 0 Å². The largest absolute Gasteiger partial charge is 0.395 e. The highest BCUT2D eigenvalue weighted by atomic mass is 19.1. The minimum absolute atomic E-state index is 0.0342. The van der Waals surface area contributed by atoms with Crippen molar-refractivity contribution in [2.24, 2.45) is 0 Å². The minimum Gasteiger partial charge on any atom is -0.395 e. The van der Waals surface area contributed by atoms with Gasteiger partial charge in [0.1, 0.15) is 5.82 Å². The standard InChI is InChI=1S/C11H13FO2/c12-9-3-1-2-8(4-9)11(7-13)5-10(14)6-11/h1-4,10,13-14H,5-7H2. The Morgan fingerprint density at radius 3 is 2.64 bits per heavy atom. The lowest BCUT2D eigenvalue weighted by Crippen LogP contribution is -2.47. The SMILES string of the molecule is OCC1(c2cccc(F)c2)CC(O)C1. The molecule has 14 heavy (non-hydrogen) atoms. The molecule has 0 aromatic heterocycles. The van der Waals surface area contributed by atoms with Crippen molar-refractivity contribution in [2.75, 3.05) is 6.61 Å². The van der Waals surface area contributed by atoms with Gasteiger partial charge in [-0.05, 0) is 30.5 Å². The van der Waals surface area contributed by atoms with Crippen LogP contribution in [0.15, 0.2) is 24.3 Å². The number of hydrogen-bond acceptors (Lipinski definition) is 2. The van der Waals surface area contributed by atoms with Crippen LogP contribution in [-0.2, 0) is 5.41 Å². The Kier molecular flexibility index (Phi) is 2.29. The lowest BCUT2D eigenvalue weighted by molar-refractivity contribution is -0.0125. The molecule has 2 N–H and O–H groups in total. The monoisotopic (exact) mass is 196 g/mol. The molecule has 1 aromatic rings. The topological polar surface area (TPSA) is 40.5 Å². The maximum absolute atomic E-state index is 12.9. The van der Waals surface area contributed by atoms with Gasteiger partial charge < -0.3 is 10.2 Å². The first-order chi connectivity index (χ1) is 6.66. The summed E-state index contributed by atoms with van der Waals surface area (Å²) in [5.41, 5.74) is 0.368. The number of halogens is 1. The predicted molar refractivity (Wildman–Crippen MR) is 50.4 cm³/mol. The highest BCUT2D eigenvalue weighted by Gasteiger charge is 2.44. The molecule has 0 heterocycles. The van der Waals surface area contributed by atoms with E-state index in [9.17, 15) is 14.6 Å². The summed E-state index contributed by atoms with van der Waals surface area (Å²) in [5.74, 6) is -0.295. The Hall–Kier alpha value is -0.930. The van der Waals surface area contributed by atoms with Crippen LogP contribution in [0.3, 0.4) is 0 Å². The average Bonchev–Trinajstić information content (AvgIpc) is 2.12. The first-order valence-electron chi connectivity index (χ1n) is 4.71. The number of aliphatic hydroxyl groups excluding tert-OH is 2. The maximum Gasteiger partial charge on any atom is 0.123 e. The molecule has 2 nitrogen and oxygen atoms in total.